The summed E-state index contributed by atoms with van der Waals surface area (Å²) in [6.07, 6.45) is 3.06. The van der Waals surface area contributed by atoms with Gasteiger partial charge in [-0.3, -0.25) is 4.79 Å². The quantitative estimate of drug-likeness (QED) is 0.517. The second-order valence-electron chi connectivity index (χ2n) is 6.37. The highest BCUT2D eigenvalue weighted by molar-refractivity contribution is 5.75. The van der Waals surface area contributed by atoms with E-state index in [0.717, 1.165) is 11.1 Å². The molecule has 1 heterocycles. The molecular weight excluding hydrogens is 376 g/mol. The van der Waals surface area contributed by atoms with Crippen molar-refractivity contribution in [2.45, 2.75) is 19.1 Å². The molecule has 0 saturated carbocycles. The van der Waals surface area contributed by atoms with Crippen molar-refractivity contribution >= 4 is 12.4 Å². The minimum absolute atomic E-state index is 0.310. The molecule has 2 aromatic carbocycles. The Hall–Kier alpha value is -3.35. The molecule has 0 fully saturated rings. The van der Waals surface area contributed by atoms with Crippen molar-refractivity contribution in [2.24, 2.45) is 0 Å². The predicted molar refractivity (Wildman–Crippen MR) is 108 cm³/mol. The molecule has 0 aliphatic carbocycles. The van der Waals surface area contributed by atoms with E-state index < -0.39 is 6.10 Å². The molecule has 2 aromatic rings. The number of benzene rings is 2. The topological polar surface area (TPSA) is 72.5 Å². The van der Waals surface area contributed by atoms with Gasteiger partial charge in [0.25, 0.3) is 0 Å². The van der Waals surface area contributed by atoms with Gasteiger partial charge in [0.15, 0.2) is 29.1 Å². The Morgan fingerprint density at radius 1 is 0.862 bits per heavy atom. The Kier molecular flexibility index (Phi) is 6.16. The van der Waals surface area contributed by atoms with Crippen molar-refractivity contribution in [1.29, 1.82) is 0 Å². The maximum atomic E-state index is 10.7. The van der Waals surface area contributed by atoms with E-state index in [2.05, 4.69) is 0 Å². The molecule has 0 bridgehead atoms. The van der Waals surface area contributed by atoms with Gasteiger partial charge in [-0.15, -0.1) is 0 Å². The summed E-state index contributed by atoms with van der Waals surface area (Å²) in [7, 11) is 6.24. The zero-order chi connectivity index (χ0) is 21.0. The number of fused-ring (bicyclic) bond motifs is 1. The smallest absolute Gasteiger partial charge is 0.204 e. The van der Waals surface area contributed by atoms with Gasteiger partial charge in [0.05, 0.1) is 28.4 Å². The monoisotopic (exact) mass is 400 g/mol. The summed E-state index contributed by atoms with van der Waals surface area (Å²) in [5, 5.41) is 0. The minimum atomic E-state index is -0.425. The number of carbonyl (C=O) groups excluding carboxylic acids is 1. The Balaban J connectivity index is 2.05. The molecule has 3 rings (SSSR count). The fourth-order valence-corrected chi connectivity index (χ4v) is 3.28. The van der Waals surface area contributed by atoms with Crippen molar-refractivity contribution < 1.29 is 33.2 Å². The summed E-state index contributed by atoms with van der Waals surface area (Å²) in [5.74, 6) is 3.14. The second kappa shape index (κ2) is 8.77. The van der Waals surface area contributed by atoms with Gasteiger partial charge in [-0.2, -0.15) is 0 Å². The van der Waals surface area contributed by atoms with Gasteiger partial charge in [-0.05, 0) is 42.8 Å². The van der Waals surface area contributed by atoms with Gasteiger partial charge < -0.3 is 28.4 Å². The predicted octanol–water partition coefficient (Wildman–Crippen LogP) is 3.83. The van der Waals surface area contributed by atoms with E-state index in [9.17, 15) is 4.79 Å². The largest absolute Gasteiger partial charge is 0.493 e. The van der Waals surface area contributed by atoms with Crippen LogP contribution in [0.1, 0.15) is 24.2 Å². The number of allylic oxidation sites excluding steroid dienone is 1. The minimum Gasteiger partial charge on any atom is -0.493 e. The van der Waals surface area contributed by atoms with Crippen LogP contribution in [0.5, 0.6) is 34.5 Å². The summed E-state index contributed by atoms with van der Waals surface area (Å²) >= 11 is 0. The van der Waals surface area contributed by atoms with Crippen molar-refractivity contribution in [3.8, 4) is 34.5 Å². The highest BCUT2D eigenvalue weighted by atomic mass is 16.6. The van der Waals surface area contributed by atoms with Crippen LogP contribution in [0, 0.1) is 0 Å². The molecule has 0 saturated heterocycles. The molecule has 2 atom stereocenters. The molecule has 0 aromatic heterocycles. The van der Waals surface area contributed by atoms with Crippen LogP contribution >= 0.6 is 0 Å². The molecule has 7 nitrogen and oxygen atoms in total. The average Bonchev–Trinajstić information content (AvgIpc) is 2.75. The molecule has 1 aliphatic rings. The van der Waals surface area contributed by atoms with Crippen molar-refractivity contribution in [3.05, 3.63) is 41.5 Å². The number of rotatable bonds is 7. The SMILES string of the molecule is COc1cc(C2Oc3cc(/C=C/C=O)cc(OC)c3OC2C)cc(OC)c1OC. The van der Waals surface area contributed by atoms with E-state index in [1.807, 2.05) is 19.1 Å². The van der Waals surface area contributed by atoms with Gasteiger partial charge in [0, 0.05) is 5.56 Å². The first-order valence-corrected chi connectivity index (χ1v) is 9.03. The lowest BCUT2D eigenvalue weighted by atomic mass is 10.0. The van der Waals surface area contributed by atoms with Gasteiger partial charge >= 0.3 is 0 Å². The van der Waals surface area contributed by atoms with Crippen LogP contribution in [0.15, 0.2) is 30.3 Å². The van der Waals surface area contributed by atoms with Gasteiger partial charge in [0.2, 0.25) is 11.5 Å². The first kappa shape index (κ1) is 20.4. The first-order chi connectivity index (χ1) is 14.1. The lowest BCUT2D eigenvalue weighted by molar-refractivity contribution is -0.104. The van der Waals surface area contributed by atoms with Crippen LogP contribution < -0.4 is 28.4 Å². The van der Waals surface area contributed by atoms with Crippen LogP contribution in [-0.4, -0.2) is 40.8 Å². The van der Waals surface area contributed by atoms with E-state index in [0.29, 0.717) is 40.8 Å². The number of hydrogen-bond acceptors (Lipinski definition) is 7. The highest BCUT2D eigenvalue weighted by Crippen LogP contribution is 2.48. The summed E-state index contributed by atoms with van der Waals surface area (Å²) < 4.78 is 34.2. The lowest BCUT2D eigenvalue weighted by Crippen LogP contribution is -2.31. The first-order valence-electron chi connectivity index (χ1n) is 9.03. The molecule has 29 heavy (non-hydrogen) atoms. The highest BCUT2D eigenvalue weighted by Gasteiger charge is 2.33. The molecule has 1 aliphatic heterocycles. The van der Waals surface area contributed by atoms with Gasteiger partial charge in [0.1, 0.15) is 12.4 Å². The molecule has 0 N–H and O–H groups in total. The lowest BCUT2D eigenvalue weighted by Gasteiger charge is -2.33. The van der Waals surface area contributed by atoms with E-state index in [4.69, 9.17) is 28.4 Å². The molecule has 7 heteroatoms. The maximum Gasteiger partial charge on any atom is 0.204 e. The standard InChI is InChI=1S/C22H24O7/c1-13-20(15-11-17(25-3)21(27-5)18(12-15)26-4)29-19-10-14(7-6-8-23)9-16(24-2)22(19)28-13/h6-13,20H,1-5H3/b7-6+. The molecule has 0 amide bonds. The molecule has 2 unspecified atom stereocenters. The summed E-state index contributed by atoms with van der Waals surface area (Å²) in [4.78, 5) is 10.7. The fraction of sp³-hybridized carbons (Fsp3) is 0.318. The van der Waals surface area contributed by atoms with E-state index in [1.165, 1.54) is 6.08 Å². The van der Waals surface area contributed by atoms with Crippen LogP contribution in [-0.2, 0) is 4.79 Å². The number of carbonyl (C=O) groups is 1. The molecule has 0 radical (unpaired) electrons. The van der Waals surface area contributed by atoms with Crippen LogP contribution in [0.4, 0.5) is 0 Å². The zero-order valence-electron chi connectivity index (χ0n) is 17.1. The third-order valence-corrected chi connectivity index (χ3v) is 4.63. The fourth-order valence-electron chi connectivity index (χ4n) is 3.28. The Morgan fingerprint density at radius 2 is 1.52 bits per heavy atom. The number of hydrogen-bond donors (Lipinski definition) is 0. The Labute approximate surface area is 169 Å². The normalized spacial score (nSPS) is 17.7. The summed E-state index contributed by atoms with van der Waals surface area (Å²) in [6, 6.07) is 7.26. The number of aldehydes is 1. The van der Waals surface area contributed by atoms with Crippen molar-refractivity contribution in [3.63, 3.8) is 0 Å². The van der Waals surface area contributed by atoms with E-state index in [1.54, 1.807) is 46.6 Å². The van der Waals surface area contributed by atoms with Crippen LogP contribution in [0.3, 0.4) is 0 Å². The third-order valence-electron chi connectivity index (χ3n) is 4.63. The second-order valence-corrected chi connectivity index (χ2v) is 6.37. The van der Waals surface area contributed by atoms with E-state index in [-0.39, 0.29) is 6.10 Å². The Bertz CT molecular complexity index is 895. The summed E-state index contributed by atoms with van der Waals surface area (Å²) in [6.45, 7) is 1.91. The van der Waals surface area contributed by atoms with Crippen LogP contribution in [0.2, 0.25) is 0 Å². The molecule has 0 spiro atoms. The van der Waals surface area contributed by atoms with Gasteiger partial charge in [-0.25, -0.2) is 0 Å². The molecular formula is C22H24O7. The Morgan fingerprint density at radius 3 is 2.07 bits per heavy atom. The number of methoxy groups -OCH3 is 4. The zero-order valence-corrected chi connectivity index (χ0v) is 17.1. The van der Waals surface area contributed by atoms with Crippen LogP contribution in [0.25, 0.3) is 6.08 Å². The summed E-state index contributed by atoms with van der Waals surface area (Å²) in [5.41, 5.74) is 1.57. The average molecular weight is 400 g/mol. The van der Waals surface area contributed by atoms with E-state index >= 15 is 0 Å². The third kappa shape index (κ3) is 3.94. The number of ether oxygens (including phenoxy) is 6. The van der Waals surface area contributed by atoms with Crippen molar-refractivity contribution in [2.75, 3.05) is 28.4 Å². The molecule has 154 valence electrons. The van der Waals surface area contributed by atoms with Crippen molar-refractivity contribution in [1.82, 2.24) is 0 Å². The maximum absolute atomic E-state index is 10.7. The van der Waals surface area contributed by atoms with Gasteiger partial charge in [-0.1, -0.05) is 6.08 Å².